The summed E-state index contributed by atoms with van der Waals surface area (Å²) >= 11 is 5.70. The molecule has 0 atom stereocenters. The summed E-state index contributed by atoms with van der Waals surface area (Å²) in [4.78, 5) is 23.6. The summed E-state index contributed by atoms with van der Waals surface area (Å²) in [6.45, 7) is 0. The smallest absolute Gasteiger partial charge is 0.275 e. The minimum atomic E-state index is -0.376. The number of amides is 1. The molecule has 0 spiro atoms. The lowest BCUT2D eigenvalue weighted by Crippen LogP contribution is -2.14. The van der Waals surface area contributed by atoms with Gasteiger partial charge in [-0.05, 0) is 24.3 Å². The predicted octanol–water partition coefficient (Wildman–Crippen LogP) is 1.96. The Balaban J connectivity index is 1.75. The zero-order chi connectivity index (χ0) is 14.7. The molecule has 0 saturated heterocycles. The van der Waals surface area contributed by atoms with E-state index in [4.69, 9.17) is 11.6 Å². The fourth-order valence-electron chi connectivity index (χ4n) is 1.69. The number of anilines is 1. The summed E-state index contributed by atoms with van der Waals surface area (Å²) in [7, 11) is 0. The van der Waals surface area contributed by atoms with Crippen LogP contribution in [0.3, 0.4) is 0 Å². The van der Waals surface area contributed by atoms with Gasteiger partial charge in [0.05, 0.1) is 18.1 Å². The number of benzene rings is 1. The first-order valence-corrected chi connectivity index (χ1v) is 6.34. The number of halogens is 1. The first kappa shape index (κ1) is 13.2. The molecule has 1 aromatic carbocycles. The standard InChI is InChI=1S/C13H9ClN6O/c14-12-6-15-5-11(19-12)13(21)18-9-1-3-10(4-2-9)20-8-16-7-17-20/h1-8H,(H,18,21). The Labute approximate surface area is 124 Å². The van der Waals surface area contributed by atoms with Gasteiger partial charge in [-0.25, -0.2) is 14.6 Å². The van der Waals surface area contributed by atoms with E-state index in [9.17, 15) is 4.79 Å². The summed E-state index contributed by atoms with van der Waals surface area (Å²) < 4.78 is 1.62. The SMILES string of the molecule is O=C(Nc1ccc(-n2cncn2)cc1)c1cncc(Cl)n1. The molecular formula is C13H9ClN6O. The third kappa shape index (κ3) is 3.03. The molecule has 0 fully saturated rings. The number of nitrogens with one attached hydrogen (secondary N) is 1. The summed E-state index contributed by atoms with van der Waals surface area (Å²) in [6, 6.07) is 7.14. The van der Waals surface area contributed by atoms with Crippen LogP contribution in [0.4, 0.5) is 5.69 Å². The van der Waals surface area contributed by atoms with Crippen molar-refractivity contribution in [2.45, 2.75) is 0 Å². The number of hydrogen-bond donors (Lipinski definition) is 1. The van der Waals surface area contributed by atoms with Gasteiger partial charge in [-0.15, -0.1) is 0 Å². The Kier molecular flexibility index (Phi) is 3.57. The van der Waals surface area contributed by atoms with Crippen molar-refractivity contribution in [3.63, 3.8) is 0 Å². The fraction of sp³-hybridized carbons (Fsp3) is 0. The van der Waals surface area contributed by atoms with Crippen LogP contribution < -0.4 is 5.32 Å². The molecule has 0 radical (unpaired) electrons. The average molecular weight is 301 g/mol. The van der Waals surface area contributed by atoms with Crippen molar-refractivity contribution in [2.75, 3.05) is 5.32 Å². The number of rotatable bonds is 3. The van der Waals surface area contributed by atoms with Gasteiger partial charge in [-0.1, -0.05) is 11.6 Å². The molecule has 21 heavy (non-hydrogen) atoms. The maximum Gasteiger partial charge on any atom is 0.275 e. The molecule has 2 aromatic heterocycles. The van der Waals surface area contributed by atoms with Gasteiger partial charge in [0.25, 0.3) is 5.91 Å². The Morgan fingerprint density at radius 1 is 1.14 bits per heavy atom. The lowest BCUT2D eigenvalue weighted by molar-refractivity contribution is 0.102. The van der Waals surface area contributed by atoms with Crippen LogP contribution in [0, 0.1) is 0 Å². The molecule has 0 saturated carbocycles. The molecule has 104 valence electrons. The van der Waals surface area contributed by atoms with E-state index in [-0.39, 0.29) is 16.8 Å². The molecule has 0 aliphatic heterocycles. The van der Waals surface area contributed by atoms with Gasteiger partial charge >= 0.3 is 0 Å². The van der Waals surface area contributed by atoms with Crippen molar-refractivity contribution in [2.24, 2.45) is 0 Å². The van der Waals surface area contributed by atoms with Gasteiger partial charge in [0.2, 0.25) is 0 Å². The van der Waals surface area contributed by atoms with Crippen LogP contribution in [0.1, 0.15) is 10.5 Å². The highest BCUT2D eigenvalue weighted by Gasteiger charge is 2.09. The van der Waals surface area contributed by atoms with Gasteiger partial charge in [-0.3, -0.25) is 9.78 Å². The highest BCUT2D eigenvalue weighted by Crippen LogP contribution is 2.13. The highest BCUT2D eigenvalue weighted by molar-refractivity contribution is 6.29. The molecule has 2 heterocycles. The second kappa shape index (κ2) is 5.68. The number of carbonyl (C=O) groups excluding carboxylic acids is 1. The minimum Gasteiger partial charge on any atom is -0.321 e. The molecule has 7 nitrogen and oxygen atoms in total. The van der Waals surface area contributed by atoms with Crippen LogP contribution in [0.15, 0.2) is 49.3 Å². The average Bonchev–Trinajstić information content (AvgIpc) is 3.02. The van der Waals surface area contributed by atoms with Crippen LogP contribution in [-0.4, -0.2) is 30.6 Å². The van der Waals surface area contributed by atoms with E-state index < -0.39 is 0 Å². The second-order valence-corrected chi connectivity index (χ2v) is 4.46. The highest BCUT2D eigenvalue weighted by atomic mass is 35.5. The fourth-order valence-corrected chi connectivity index (χ4v) is 1.83. The van der Waals surface area contributed by atoms with Crippen molar-refractivity contribution < 1.29 is 4.79 Å². The van der Waals surface area contributed by atoms with Gasteiger partial charge in [0.15, 0.2) is 0 Å². The number of hydrogen-bond acceptors (Lipinski definition) is 5. The summed E-state index contributed by atoms with van der Waals surface area (Å²) in [6.07, 6.45) is 5.76. The van der Waals surface area contributed by atoms with Crippen LogP contribution in [0.2, 0.25) is 5.15 Å². The molecule has 0 unspecified atom stereocenters. The first-order valence-electron chi connectivity index (χ1n) is 5.96. The van der Waals surface area contributed by atoms with Gasteiger partial charge in [0, 0.05) is 5.69 Å². The first-order chi connectivity index (χ1) is 10.2. The molecule has 0 aliphatic carbocycles. The minimum absolute atomic E-state index is 0.155. The second-order valence-electron chi connectivity index (χ2n) is 4.07. The molecule has 1 N–H and O–H groups in total. The monoisotopic (exact) mass is 300 g/mol. The van der Waals surface area contributed by atoms with Crippen LogP contribution >= 0.6 is 11.6 Å². The Morgan fingerprint density at radius 3 is 2.62 bits per heavy atom. The Morgan fingerprint density at radius 2 is 1.95 bits per heavy atom. The van der Waals surface area contributed by atoms with Crippen LogP contribution in [-0.2, 0) is 0 Å². The van der Waals surface area contributed by atoms with Crippen molar-refractivity contribution in [1.82, 2.24) is 24.7 Å². The Hall–Kier alpha value is -2.80. The normalized spacial score (nSPS) is 10.3. The van der Waals surface area contributed by atoms with Crippen LogP contribution in [0.25, 0.3) is 5.69 Å². The molecular weight excluding hydrogens is 292 g/mol. The predicted molar refractivity (Wildman–Crippen MR) is 76.4 cm³/mol. The van der Waals surface area contributed by atoms with Gasteiger partial charge in [-0.2, -0.15) is 5.10 Å². The molecule has 0 bridgehead atoms. The number of carbonyl (C=O) groups is 1. The van der Waals surface area contributed by atoms with Crippen molar-refractivity contribution in [1.29, 1.82) is 0 Å². The lowest BCUT2D eigenvalue weighted by atomic mass is 10.2. The molecule has 1 amide bonds. The van der Waals surface area contributed by atoms with E-state index in [2.05, 4.69) is 25.4 Å². The largest absolute Gasteiger partial charge is 0.321 e. The van der Waals surface area contributed by atoms with Crippen molar-refractivity contribution in [3.05, 3.63) is 60.2 Å². The zero-order valence-electron chi connectivity index (χ0n) is 10.6. The molecule has 0 aliphatic rings. The molecule has 8 heteroatoms. The van der Waals surface area contributed by atoms with Crippen molar-refractivity contribution >= 4 is 23.2 Å². The topological polar surface area (TPSA) is 85.6 Å². The third-order valence-electron chi connectivity index (χ3n) is 2.65. The van der Waals surface area contributed by atoms with Gasteiger partial charge < -0.3 is 5.32 Å². The van der Waals surface area contributed by atoms with E-state index in [1.54, 1.807) is 23.1 Å². The summed E-state index contributed by atoms with van der Waals surface area (Å²) in [5.41, 5.74) is 1.63. The third-order valence-corrected chi connectivity index (χ3v) is 2.83. The number of aromatic nitrogens is 5. The van der Waals surface area contributed by atoms with E-state index in [0.29, 0.717) is 5.69 Å². The van der Waals surface area contributed by atoms with E-state index in [1.165, 1.54) is 18.7 Å². The van der Waals surface area contributed by atoms with Gasteiger partial charge in [0.1, 0.15) is 23.5 Å². The zero-order valence-corrected chi connectivity index (χ0v) is 11.4. The summed E-state index contributed by atoms with van der Waals surface area (Å²) in [5.74, 6) is -0.376. The molecule has 3 aromatic rings. The number of nitrogens with zero attached hydrogens (tertiary/aromatic N) is 5. The Bertz CT molecular complexity index is 757. The van der Waals surface area contributed by atoms with E-state index in [1.807, 2.05) is 12.1 Å². The summed E-state index contributed by atoms with van der Waals surface area (Å²) in [5, 5.41) is 6.90. The van der Waals surface area contributed by atoms with Crippen LogP contribution in [0.5, 0.6) is 0 Å². The maximum atomic E-state index is 12.0. The maximum absolute atomic E-state index is 12.0. The van der Waals surface area contributed by atoms with E-state index in [0.717, 1.165) is 5.69 Å². The quantitative estimate of drug-likeness (QED) is 0.799. The van der Waals surface area contributed by atoms with Crippen molar-refractivity contribution in [3.8, 4) is 5.69 Å². The molecule has 3 rings (SSSR count). The van der Waals surface area contributed by atoms with E-state index >= 15 is 0 Å². The lowest BCUT2D eigenvalue weighted by Gasteiger charge is -2.06.